The van der Waals surface area contributed by atoms with Gasteiger partial charge in [0.2, 0.25) is 5.91 Å². The van der Waals surface area contributed by atoms with Crippen molar-refractivity contribution in [2.24, 2.45) is 0 Å². The van der Waals surface area contributed by atoms with Crippen molar-refractivity contribution in [3.05, 3.63) is 59.9 Å². The molecule has 0 unspecified atom stereocenters. The zero-order chi connectivity index (χ0) is 20.0. The summed E-state index contributed by atoms with van der Waals surface area (Å²) in [4.78, 5) is 19.2. The van der Waals surface area contributed by atoms with Gasteiger partial charge in [0.15, 0.2) is 9.84 Å². The Hall–Kier alpha value is -2.25. The number of sulfone groups is 1. The van der Waals surface area contributed by atoms with E-state index in [0.717, 1.165) is 43.7 Å². The van der Waals surface area contributed by atoms with E-state index in [-0.39, 0.29) is 29.0 Å². The number of aromatic nitrogens is 1. The zero-order valence-electron chi connectivity index (χ0n) is 16.2. The molecule has 1 N–H and O–H groups in total. The summed E-state index contributed by atoms with van der Waals surface area (Å²) in [5.41, 5.74) is 2.05. The molecule has 0 bridgehead atoms. The van der Waals surface area contributed by atoms with Crippen LogP contribution in [0.25, 0.3) is 0 Å². The van der Waals surface area contributed by atoms with Crippen LogP contribution in [0.2, 0.25) is 0 Å². The van der Waals surface area contributed by atoms with Crippen LogP contribution >= 0.6 is 0 Å². The number of aryl methyl sites for hydroxylation is 1. The van der Waals surface area contributed by atoms with E-state index in [4.69, 9.17) is 0 Å². The number of piperidine rings is 1. The Balaban J connectivity index is 1.41. The molecule has 0 atom stereocenters. The first kappa shape index (κ1) is 20.5. The third-order valence-corrected chi connectivity index (χ3v) is 6.77. The fraction of sp³-hybridized carbons (Fsp3) is 0.429. The Morgan fingerprint density at radius 2 is 1.86 bits per heavy atom. The molecule has 1 saturated heterocycles. The first-order valence-electron chi connectivity index (χ1n) is 9.63. The van der Waals surface area contributed by atoms with Gasteiger partial charge in [-0.2, -0.15) is 0 Å². The normalized spacial score (nSPS) is 16.0. The first-order valence-corrected chi connectivity index (χ1v) is 11.3. The average Bonchev–Trinajstić information content (AvgIpc) is 2.69. The molecule has 7 heteroatoms. The highest BCUT2D eigenvalue weighted by atomic mass is 32.2. The van der Waals surface area contributed by atoms with Crippen LogP contribution in [-0.2, 0) is 21.2 Å². The standard InChI is InChI=1S/C21H27N3O3S/c1-17-5-7-20(8-6-17)28(26,27)15-11-21(25)23-18-9-13-24(14-10-18)16-19-4-2-3-12-22-19/h2-8,12,18H,9-11,13-16H2,1H3,(H,23,25). The van der Waals surface area contributed by atoms with Crippen LogP contribution in [-0.4, -0.2) is 49.1 Å². The molecule has 0 saturated carbocycles. The van der Waals surface area contributed by atoms with Gasteiger partial charge in [0.25, 0.3) is 0 Å². The maximum Gasteiger partial charge on any atom is 0.221 e. The highest BCUT2D eigenvalue weighted by Gasteiger charge is 2.22. The summed E-state index contributed by atoms with van der Waals surface area (Å²) in [6.07, 6.45) is 3.52. The Kier molecular flexibility index (Phi) is 6.80. The third-order valence-electron chi connectivity index (χ3n) is 5.04. The minimum Gasteiger partial charge on any atom is -0.353 e. The second-order valence-corrected chi connectivity index (χ2v) is 9.43. The van der Waals surface area contributed by atoms with E-state index in [1.165, 1.54) is 0 Å². The number of carbonyl (C=O) groups excluding carboxylic acids is 1. The van der Waals surface area contributed by atoms with Gasteiger partial charge >= 0.3 is 0 Å². The number of likely N-dealkylation sites (tertiary alicyclic amines) is 1. The Morgan fingerprint density at radius 1 is 1.14 bits per heavy atom. The molecule has 1 fully saturated rings. The van der Waals surface area contributed by atoms with E-state index in [2.05, 4.69) is 15.2 Å². The number of benzene rings is 1. The summed E-state index contributed by atoms with van der Waals surface area (Å²) in [7, 11) is -3.43. The fourth-order valence-electron chi connectivity index (χ4n) is 3.35. The molecule has 6 nitrogen and oxygen atoms in total. The van der Waals surface area contributed by atoms with Crippen LogP contribution in [0.4, 0.5) is 0 Å². The molecule has 150 valence electrons. The molecule has 1 aromatic heterocycles. The number of hydrogen-bond donors (Lipinski definition) is 1. The molecule has 3 rings (SSSR count). The van der Waals surface area contributed by atoms with Crippen LogP contribution in [0.5, 0.6) is 0 Å². The average molecular weight is 402 g/mol. The van der Waals surface area contributed by atoms with Crippen molar-refractivity contribution in [2.45, 2.75) is 43.7 Å². The number of rotatable bonds is 7. The summed E-state index contributed by atoms with van der Waals surface area (Å²) in [5, 5.41) is 2.99. The number of pyridine rings is 1. The summed E-state index contributed by atoms with van der Waals surface area (Å²) < 4.78 is 24.7. The van der Waals surface area contributed by atoms with E-state index >= 15 is 0 Å². The van der Waals surface area contributed by atoms with Gasteiger partial charge in [0, 0.05) is 38.3 Å². The number of nitrogens with zero attached hydrogens (tertiary/aromatic N) is 2. The molecular weight excluding hydrogens is 374 g/mol. The van der Waals surface area contributed by atoms with Crippen molar-refractivity contribution < 1.29 is 13.2 Å². The molecule has 1 amide bonds. The number of amides is 1. The molecule has 1 aromatic carbocycles. The summed E-state index contributed by atoms with van der Waals surface area (Å²) in [6, 6.07) is 12.7. The molecule has 1 aliphatic heterocycles. The van der Waals surface area contributed by atoms with Gasteiger partial charge < -0.3 is 5.32 Å². The van der Waals surface area contributed by atoms with Crippen molar-refractivity contribution >= 4 is 15.7 Å². The Morgan fingerprint density at radius 3 is 2.50 bits per heavy atom. The van der Waals surface area contributed by atoms with E-state index in [1.807, 2.05) is 25.1 Å². The number of nitrogens with one attached hydrogen (secondary N) is 1. The van der Waals surface area contributed by atoms with Crippen LogP contribution < -0.4 is 5.32 Å². The summed E-state index contributed by atoms with van der Waals surface area (Å²) >= 11 is 0. The Bertz CT molecular complexity index is 875. The highest BCUT2D eigenvalue weighted by molar-refractivity contribution is 7.91. The summed E-state index contributed by atoms with van der Waals surface area (Å²) in [5.74, 6) is -0.362. The second kappa shape index (κ2) is 9.30. The van der Waals surface area contributed by atoms with Gasteiger partial charge in [0.1, 0.15) is 0 Å². The maximum absolute atomic E-state index is 12.4. The van der Waals surface area contributed by atoms with Gasteiger partial charge in [-0.15, -0.1) is 0 Å². The summed E-state index contributed by atoms with van der Waals surface area (Å²) in [6.45, 7) is 4.51. The van der Waals surface area contributed by atoms with E-state index in [9.17, 15) is 13.2 Å². The van der Waals surface area contributed by atoms with E-state index in [0.29, 0.717) is 0 Å². The number of carbonyl (C=O) groups is 1. The van der Waals surface area contributed by atoms with Crippen molar-refractivity contribution in [3.63, 3.8) is 0 Å². The second-order valence-electron chi connectivity index (χ2n) is 7.32. The van der Waals surface area contributed by atoms with Crippen LogP contribution in [0.15, 0.2) is 53.6 Å². The maximum atomic E-state index is 12.4. The topological polar surface area (TPSA) is 79.4 Å². The molecule has 0 aliphatic carbocycles. The van der Waals surface area contributed by atoms with Crippen molar-refractivity contribution in [1.82, 2.24) is 15.2 Å². The van der Waals surface area contributed by atoms with Gasteiger partial charge in [-0.1, -0.05) is 23.8 Å². The minimum atomic E-state index is -3.43. The van der Waals surface area contributed by atoms with Crippen molar-refractivity contribution in [3.8, 4) is 0 Å². The predicted molar refractivity (Wildman–Crippen MR) is 109 cm³/mol. The quantitative estimate of drug-likeness (QED) is 0.770. The van der Waals surface area contributed by atoms with Gasteiger partial charge in [-0.05, 0) is 44.0 Å². The molecule has 1 aliphatic rings. The van der Waals surface area contributed by atoms with E-state index < -0.39 is 9.84 Å². The van der Waals surface area contributed by atoms with Crippen LogP contribution in [0.3, 0.4) is 0 Å². The third kappa shape index (κ3) is 5.87. The Labute approximate surface area is 166 Å². The SMILES string of the molecule is Cc1ccc(S(=O)(=O)CCC(=O)NC2CCN(Cc3ccccn3)CC2)cc1. The lowest BCUT2D eigenvalue weighted by atomic mass is 10.0. The largest absolute Gasteiger partial charge is 0.353 e. The lowest BCUT2D eigenvalue weighted by Gasteiger charge is -2.32. The van der Waals surface area contributed by atoms with E-state index in [1.54, 1.807) is 30.5 Å². The van der Waals surface area contributed by atoms with Crippen molar-refractivity contribution in [2.75, 3.05) is 18.8 Å². The minimum absolute atomic E-state index is 0.00956. The molecule has 2 aromatic rings. The first-order chi connectivity index (χ1) is 13.4. The van der Waals surface area contributed by atoms with Crippen molar-refractivity contribution in [1.29, 1.82) is 0 Å². The molecule has 0 radical (unpaired) electrons. The molecular formula is C21H27N3O3S. The number of hydrogen-bond acceptors (Lipinski definition) is 5. The zero-order valence-corrected chi connectivity index (χ0v) is 17.0. The van der Waals surface area contributed by atoms with Gasteiger partial charge in [0.05, 0.1) is 16.3 Å². The molecule has 2 heterocycles. The fourth-order valence-corrected chi connectivity index (χ4v) is 4.59. The smallest absolute Gasteiger partial charge is 0.221 e. The highest BCUT2D eigenvalue weighted by Crippen LogP contribution is 2.15. The van der Waals surface area contributed by atoms with Crippen LogP contribution in [0, 0.1) is 6.92 Å². The lowest BCUT2D eigenvalue weighted by Crippen LogP contribution is -2.44. The van der Waals surface area contributed by atoms with Crippen LogP contribution in [0.1, 0.15) is 30.5 Å². The molecule has 0 spiro atoms. The molecule has 28 heavy (non-hydrogen) atoms. The predicted octanol–water partition coefficient (Wildman–Crippen LogP) is 2.33. The lowest BCUT2D eigenvalue weighted by molar-refractivity contribution is -0.121. The monoisotopic (exact) mass is 401 g/mol. The van der Waals surface area contributed by atoms with Gasteiger partial charge in [-0.3, -0.25) is 14.7 Å². The van der Waals surface area contributed by atoms with Gasteiger partial charge in [-0.25, -0.2) is 8.42 Å².